The topological polar surface area (TPSA) is 49.3 Å². The second-order valence-electron chi connectivity index (χ2n) is 4.69. The first-order valence-electron chi connectivity index (χ1n) is 5.47. The Morgan fingerprint density at radius 2 is 2.19 bits per heavy atom. The van der Waals surface area contributed by atoms with Gasteiger partial charge in [0, 0.05) is 18.0 Å². The van der Waals surface area contributed by atoms with Gasteiger partial charge < -0.3 is 10.4 Å². The molecule has 0 fully saturated rings. The van der Waals surface area contributed by atoms with Crippen LogP contribution in [0.1, 0.15) is 41.7 Å². The first-order valence-corrected chi connectivity index (χ1v) is 6.29. The van der Waals surface area contributed by atoms with Gasteiger partial charge in [-0.15, -0.1) is 11.3 Å². The van der Waals surface area contributed by atoms with Crippen LogP contribution >= 0.6 is 11.3 Å². The molecule has 1 heterocycles. The van der Waals surface area contributed by atoms with Crippen LogP contribution in [0.4, 0.5) is 0 Å². The van der Waals surface area contributed by atoms with Crippen molar-refractivity contribution in [2.24, 2.45) is 5.41 Å². The normalized spacial score (nSPS) is 11.7. The Bertz CT molecular complexity index is 358. The van der Waals surface area contributed by atoms with Crippen molar-refractivity contribution in [2.45, 2.75) is 33.7 Å². The summed E-state index contributed by atoms with van der Waals surface area (Å²) in [7, 11) is 0. The molecular weight excluding hydrogens is 222 g/mol. The molecule has 0 radical (unpaired) electrons. The Labute approximate surface area is 100 Å². The van der Waals surface area contributed by atoms with E-state index in [2.05, 4.69) is 26.1 Å². The maximum Gasteiger partial charge on any atom is 0.345 e. The molecule has 0 saturated carbocycles. The molecule has 0 amide bonds. The highest BCUT2D eigenvalue weighted by molar-refractivity contribution is 7.13. The van der Waals surface area contributed by atoms with Crippen LogP contribution in [0, 0.1) is 5.41 Å². The van der Waals surface area contributed by atoms with E-state index in [-0.39, 0.29) is 0 Å². The molecule has 0 spiro atoms. The lowest BCUT2D eigenvalue weighted by Crippen LogP contribution is -2.28. The largest absolute Gasteiger partial charge is 0.477 e. The molecule has 1 aromatic heterocycles. The molecule has 3 nitrogen and oxygen atoms in total. The van der Waals surface area contributed by atoms with Gasteiger partial charge in [-0.3, -0.25) is 0 Å². The fourth-order valence-corrected chi connectivity index (χ4v) is 2.05. The van der Waals surface area contributed by atoms with Crippen molar-refractivity contribution in [1.29, 1.82) is 0 Å². The van der Waals surface area contributed by atoms with Crippen LogP contribution in [-0.2, 0) is 6.54 Å². The van der Waals surface area contributed by atoms with E-state index >= 15 is 0 Å². The van der Waals surface area contributed by atoms with E-state index in [1.54, 1.807) is 6.07 Å². The molecule has 1 rings (SSSR count). The quantitative estimate of drug-likeness (QED) is 0.805. The molecule has 16 heavy (non-hydrogen) atoms. The van der Waals surface area contributed by atoms with Crippen LogP contribution in [0.3, 0.4) is 0 Å². The number of aromatic carboxylic acids is 1. The maximum absolute atomic E-state index is 10.7. The smallest absolute Gasteiger partial charge is 0.345 e. The fraction of sp³-hybridized carbons (Fsp3) is 0.583. The van der Waals surface area contributed by atoms with Crippen molar-refractivity contribution >= 4 is 17.3 Å². The van der Waals surface area contributed by atoms with Crippen molar-refractivity contribution in [3.05, 3.63) is 21.9 Å². The molecule has 90 valence electrons. The van der Waals surface area contributed by atoms with Crippen molar-refractivity contribution < 1.29 is 9.90 Å². The second kappa shape index (κ2) is 5.46. The highest BCUT2D eigenvalue weighted by atomic mass is 32.1. The summed E-state index contributed by atoms with van der Waals surface area (Å²) in [6.07, 6.45) is 1.13. The molecule has 1 aromatic rings. The number of nitrogens with one attached hydrogen (secondary N) is 1. The van der Waals surface area contributed by atoms with Gasteiger partial charge in [-0.05, 0) is 24.0 Å². The molecule has 0 unspecified atom stereocenters. The zero-order valence-corrected chi connectivity index (χ0v) is 10.9. The van der Waals surface area contributed by atoms with Gasteiger partial charge in [0.25, 0.3) is 0 Å². The number of carboxylic acids is 1. The lowest BCUT2D eigenvalue weighted by atomic mass is 9.90. The third kappa shape index (κ3) is 3.94. The minimum absolute atomic E-state index is 0.298. The maximum atomic E-state index is 10.7. The summed E-state index contributed by atoms with van der Waals surface area (Å²) in [5.74, 6) is -0.842. The van der Waals surface area contributed by atoms with E-state index in [9.17, 15) is 4.79 Å². The molecule has 0 aromatic carbocycles. The van der Waals surface area contributed by atoms with E-state index in [1.165, 1.54) is 11.3 Å². The van der Waals surface area contributed by atoms with E-state index in [0.29, 0.717) is 10.3 Å². The molecule has 2 N–H and O–H groups in total. The summed E-state index contributed by atoms with van der Waals surface area (Å²) < 4.78 is 0. The zero-order chi connectivity index (χ0) is 12.2. The average molecular weight is 241 g/mol. The third-order valence-corrected chi connectivity index (χ3v) is 3.81. The predicted octanol–water partition coefficient (Wildman–Crippen LogP) is 2.97. The lowest BCUT2D eigenvalue weighted by molar-refractivity contribution is 0.0702. The molecule has 4 heteroatoms. The van der Waals surface area contributed by atoms with Gasteiger partial charge in [0.2, 0.25) is 0 Å². The average Bonchev–Trinajstić information content (AvgIpc) is 2.66. The van der Waals surface area contributed by atoms with Crippen LogP contribution in [0.25, 0.3) is 0 Å². The van der Waals surface area contributed by atoms with Crippen molar-refractivity contribution in [3.63, 3.8) is 0 Å². The summed E-state index contributed by atoms with van der Waals surface area (Å²) >= 11 is 1.34. The number of carboxylic acid groups (broad SMARTS) is 1. The van der Waals surface area contributed by atoms with Crippen LogP contribution in [0.5, 0.6) is 0 Å². The van der Waals surface area contributed by atoms with Crippen molar-refractivity contribution in [3.8, 4) is 0 Å². The van der Waals surface area contributed by atoms with E-state index in [4.69, 9.17) is 5.11 Å². The van der Waals surface area contributed by atoms with Crippen LogP contribution in [0.15, 0.2) is 12.1 Å². The van der Waals surface area contributed by atoms with Gasteiger partial charge in [-0.2, -0.15) is 0 Å². The second-order valence-corrected chi connectivity index (χ2v) is 5.86. The van der Waals surface area contributed by atoms with Gasteiger partial charge in [0.15, 0.2) is 0 Å². The summed E-state index contributed by atoms with van der Waals surface area (Å²) in [6, 6.07) is 3.54. The molecule has 0 aliphatic rings. The summed E-state index contributed by atoms with van der Waals surface area (Å²) in [5.41, 5.74) is 0.298. The van der Waals surface area contributed by atoms with Gasteiger partial charge in [-0.25, -0.2) is 4.79 Å². The van der Waals surface area contributed by atoms with Crippen LogP contribution in [0.2, 0.25) is 0 Å². The van der Waals surface area contributed by atoms with Crippen molar-refractivity contribution in [2.75, 3.05) is 6.54 Å². The first kappa shape index (κ1) is 13.2. The SMILES string of the molecule is CCC(C)(C)CNCc1ccc(C(=O)O)s1. The standard InChI is InChI=1S/C12H19NO2S/c1-4-12(2,3)8-13-7-9-5-6-10(16-9)11(14)15/h5-6,13H,4,7-8H2,1-3H3,(H,14,15). The summed E-state index contributed by atoms with van der Waals surface area (Å²) in [6.45, 7) is 8.31. The Balaban J connectivity index is 2.40. The molecular formula is C12H19NO2S. The summed E-state index contributed by atoms with van der Waals surface area (Å²) in [5, 5.41) is 12.1. The van der Waals surface area contributed by atoms with Gasteiger partial charge in [0.1, 0.15) is 4.88 Å². The Kier molecular flexibility index (Phi) is 4.50. The van der Waals surface area contributed by atoms with Gasteiger partial charge in [0.05, 0.1) is 0 Å². The Morgan fingerprint density at radius 1 is 1.50 bits per heavy atom. The Morgan fingerprint density at radius 3 is 2.69 bits per heavy atom. The number of thiophene rings is 1. The molecule has 0 aliphatic heterocycles. The number of rotatable bonds is 6. The van der Waals surface area contributed by atoms with Gasteiger partial charge >= 0.3 is 5.97 Å². The number of hydrogen-bond donors (Lipinski definition) is 2. The van der Waals surface area contributed by atoms with E-state index in [0.717, 1.165) is 24.4 Å². The highest BCUT2D eigenvalue weighted by Gasteiger charge is 2.14. The number of carbonyl (C=O) groups is 1. The fourth-order valence-electron chi connectivity index (χ4n) is 1.24. The minimum atomic E-state index is -0.842. The zero-order valence-electron chi connectivity index (χ0n) is 10.0. The minimum Gasteiger partial charge on any atom is -0.477 e. The van der Waals surface area contributed by atoms with E-state index in [1.807, 2.05) is 6.07 Å². The molecule has 0 bridgehead atoms. The van der Waals surface area contributed by atoms with Crippen LogP contribution in [-0.4, -0.2) is 17.6 Å². The number of hydrogen-bond acceptors (Lipinski definition) is 3. The molecule has 0 aliphatic carbocycles. The van der Waals surface area contributed by atoms with E-state index < -0.39 is 5.97 Å². The highest BCUT2D eigenvalue weighted by Crippen LogP contribution is 2.19. The Hall–Kier alpha value is -0.870. The van der Waals surface area contributed by atoms with Gasteiger partial charge in [-0.1, -0.05) is 20.8 Å². The van der Waals surface area contributed by atoms with Crippen molar-refractivity contribution in [1.82, 2.24) is 5.32 Å². The lowest BCUT2D eigenvalue weighted by Gasteiger charge is -2.22. The molecule has 0 saturated heterocycles. The monoisotopic (exact) mass is 241 g/mol. The summed E-state index contributed by atoms with van der Waals surface area (Å²) in [4.78, 5) is 12.2. The van der Waals surface area contributed by atoms with Crippen LogP contribution < -0.4 is 5.32 Å². The third-order valence-electron chi connectivity index (χ3n) is 2.73. The molecule has 0 atom stereocenters. The first-order chi connectivity index (χ1) is 7.44. The predicted molar refractivity (Wildman–Crippen MR) is 67.1 cm³/mol.